The van der Waals surface area contributed by atoms with Crippen molar-refractivity contribution in [3.05, 3.63) is 0 Å². The third-order valence-corrected chi connectivity index (χ3v) is 4.08. The third kappa shape index (κ3) is 11.9. The SMILES string of the molecule is C[N+](C)(C)CCOP(=O)(O)OC[C@@H](CON1CCOCC1)ON(O)O. The molecule has 1 aliphatic heterocycles. The molecule has 0 aliphatic carbocycles. The fourth-order valence-electron chi connectivity index (χ4n) is 1.75. The fourth-order valence-corrected chi connectivity index (χ4v) is 2.49. The molecule has 150 valence electrons. The van der Waals surface area contributed by atoms with Crippen LogP contribution in [0.1, 0.15) is 0 Å². The largest absolute Gasteiger partial charge is 0.472 e. The van der Waals surface area contributed by atoms with Crippen LogP contribution < -0.4 is 0 Å². The van der Waals surface area contributed by atoms with Crippen molar-refractivity contribution in [2.75, 3.05) is 73.8 Å². The van der Waals surface area contributed by atoms with E-state index in [1.54, 1.807) is 5.06 Å². The maximum atomic E-state index is 11.8. The molecule has 1 unspecified atom stereocenters. The Morgan fingerprint density at radius 3 is 2.40 bits per heavy atom. The van der Waals surface area contributed by atoms with Crippen LogP contribution in [0.2, 0.25) is 0 Å². The molecule has 0 radical (unpaired) electrons. The van der Waals surface area contributed by atoms with Gasteiger partial charge in [-0.1, -0.05) is 0 Å². The van der Waals surface area contributed by atoms with Gasteiger partial charge in [-0.2, -0.15) is 5.06 Å². The molecule has 13 heteroatoms. The number of phosphoric ester groups is 1. The van der Waals surface area contributed by atoms with E-state index in [1.165, 1.54) is 0 Å². The predicted octanol–water partition coefficient (Wildman–Crippen LogP) is -0.529. The molecule has 12 nitrogen and oxygen atoms in total. The number of rotatable bonds is 12. The van der Waals surface area contributed by atoms with Gasteiger partial charge in [0.25, 0.3) is 0 Å². The van der Waals surface area contributed by atoms with Crippen molar-refractivity contribution in [3.63, 3.8) is 0 Å². The maximum Gasteiger partial charge on any atom is 0.472 e. The Labute approximate surface area is 147 Å². The van der Waals surface area contributed by atoms with Crippen molar-refractivity contribution in [3.8, 4) is 0 Å². The molecule has 1 rings (SSSR count). The van der Waals surface area contributed by atoms with E-state index >= 15 is 0 Å². The van der Waals surface area contributed by atoms with Crippen LogP contribution in [0.25, 0.3) is 0 Å². The van der Waals surface area contributed by atoms with Gasteiger partial charge in [-0.3, -0.25) is 24.3 Å². The molecule has 1 fully saturated rings. The standard InChI is InChI=1S/C12H28N3O9P/c1-15(2,3)6-9-22-25(18,19)23-11-12(24-14(16)17)10-21-13-4-7-20-8-5-13/h12,16-17H,4-11H2,1-3H3/p+1/t12-/m1/s1. The van der Waals surface area contributed by atoms with Crippen LogP contribution in [0.5, 0.6) is 0 Å². The summed E-state index contributed by atoms with van der Waals surface area (Å²) in [6.45, 7) is 2.08. The number of quaternary nitrogens is 1. The number of hydroxylamine groups is 2. The van der Waals surface area contributed by atoms with Crippen LogP contribution in [0.3, 0.4) is 0 Å². The van der Waals surface area contributed by atoms with Crippen LogP contribution in [0, 0.1) is 0 Å². The van der Waals surface area contributed by atoms with E-state index in [1.807, 2.05) is 21.1 Å². The Morgan fingerprint density at radius 2 is 1.84 bits per heavy atom. The number of hydrogen-bond donors (Lipinski definition) is 3. The number of hydrogen-bond acceptors (Lipinski definition) is 10. The zero-order valence-corrected chi connectivity index (χ0v) is 15.7. The highest BCUT2D eigenvalue weighted by Gasteiger charge is 2.26. The lowest BCUT2D eigenvalue weighted by Gasteiger charge is -2.28. The van der Waals surface area contributed by atoms with Gasteiger partial charge in [0.15, 0.2) is 0 Å². The first-order valence-electron chi connectivity index (χ1n) is 7.80. The Kier molecular flexibility index (Phi) is 9.88. The molecule has 1 heterocycles. The van der Waals surface area contributed by atoms with Crippen LogP contribution in [-0.2, 0) is 28.0 Å². The zero-order chi connectivity index (χ0) is 18.9. The van der Waals surface area contributed by atoms with Crippen molar-refractivity contribution >= 4 is 7.82 Å². The molecule has 0 spiro atoms. The van der Waals surface area contributed by atoms with E-state index < -0.39 is 25.9 Å². The minimum atomic E-state index is -4.29. The quantitative estimate of drug-likeness (QED) is 0.226. The number of likely N-dealkylation sites (N-methyl/N-ethyl adjacent to an activating group) is 1. The second-order valence-electron chi connectivity index (χ2n) is 6.43. The summed E-state index contributed by atoms with van der Waals surface area (Å²) in [5, 5.41) is 18.7. The van der Waals surface area contributed by atoms with Crippen molar-refractivity contribution < 1.29 is 47.8 Å². The fraction of sp³-hybridized carbons (Fsp3) is 1.00. The topological polar surface area (TPSA) is 130 Å². The van der Waals surface area contributed by atoms with Crippen LogP contribution in [-0.4, -0.2) is 110 Å². The highest BCUT2D eigenvalue weighted by molar-refractivity contribution is 7.47. The second kappa shape index (κ2) is 10.8. The first-order chi connectivity index (χ1) is 11.6. The summed E-state index contributed by atoms with van der Waals surface area (Å²) in [7, 11) is 1.45. The van der Waals surface area contributed by atoms with Gasteiger partial charge < -0.3 is 14.1 Å². The normalized spacial score (nSPS) is 20.6. The van der Waals surface area contributed by atoms with Crippen molar-refractivity contribution in [2.45, 2.75) is 6.10 Å². The Morgan fingerprint density at radius 1 is 1.20 bits per heavy atom. The molecular formula is C12H29N3O9P+. The summed E-state index contributed by atoms with van der Waals surface area (Å²) in [5.74, 6) is 0. The third-order valence-electron chi connectivity index (χ3n) is 3.10. The summed E-state index contributed by atoms with van der Waals surface area (Å²) in [6, 6.07) is 0. The summed E-state index contributed by atoms with van der Waals surface area (Å²) in [4.78, 5) is 19.7. The second-order valence-corrected chi connectivity index (χ2v) is 7.88. The molecule has 3 N–H and O–H groups in total. The smallest absolute Gasteiger partial charge is 0.379 e. The van der Waals surface area contributed by atoms with E-state index in [9.17, 15) is 9.46 Å². The van der Waals surface area contributed by atoms with E-state index in [2.05, 4.69) is 4.84 Å². The molecule has 0 saturated carbocycles. The average molecular weight is 390 g/mol. The van der Waals surface area contributed by atoms with E-state index in [-0.39, 0.29) is 13.2 Å². The molecule has 0 bridgehead atoms. The van der Waals surface area contributed by atoms with Crippen molar-refractivity contribution in [1.29, 1.82) is 0 Å². The summed E-state index contributed by atoms with van der Waals surface area (Å²) in [5.41, 5.74) is 0. The van der Waals surface area contributed by atoms with Crippen molar-refractivity contribution in [1.82, 2.24) is 10.5 Å². The number of morpholine rings is 1. The summed E-state index contributed by atoms with van der Waals surface area (Å²) < 4.78 is 27.3. The molecule has 0 aromatic carbocycles. The van der Waals surface area contributed by atoms with Gasteiger partial charge in [0.2, 0.25) is 0 Å². The predicted molar refractivity (Wildman–Crippen MR) is 83.3 cm³/mol. The van der Waals surface area contributed by atoms with Crippen LogP contribution >= 0.6 is 7.82 Å². The lowest BCUT2D eigenvalue weighted by Crippen LogP contribution is -2.40. The van der Waals surface area contributed by atoms with E-state index in [0.717, 1.165) is 0 Å². The first kappa shape index (κ1) is 22.8. The maximum absolute atomic E-state index is 11.8. The lowest BCUT2D eigenvalue weighted by molar-refractivity contribution is -0.870. The monoisotopic (exact) mass is 390 g/mol. The molecule has 2 atom stereocenters. The van der Waals surface area contributed by atoms with Gasteiger partial charge in [-0.15, -0.1) is 0 Å². The van der Waals surface area contributed by atoms with Gasteiger partial charge in [0, 0.05) is 13.1 Å². The van der Waals surface area contributed by atoms with Crippen LogP contribution in [0.4, 0.5) is 0 Å². The number of phosphoric acid groups is 1. The lowest BCUT2D eigenvalue weighted by atomic mass is 10.4. The zero-order valence-electron chi connectivity index (χ0n) is 14.8. The van der Waals surface area contributed by atoms with Gasteiger partial charge in [-0.25, -0.2) is 9.40 Å². The highest BCUT2D eigenvalue weighted by Crippen LogP contribution is 2.43. The minimum absolute atomic E-state index is 0.0270. The van der Waals surface area contributed by atoms with Gasteiger partial charge in [0.05, 0.1) is 53.0 Å². The molecule has 0 amide bonds. The molecule has 0 aromatic heterocycles. The molecular weight excluding hydrogens is 361 g/mol. The van der Waals surface area contributed by atoms with Gasteiger partial charge in [0.1, 0.15) is 19.3 Å². The summed E-state index contributed by atoms with van der Waals surface area (Å²) >= 11 is 0. The first-order valence-corrected chi connectivity index (χ1v) is 9.29. The van der Waals surface area contributed by atoms with Gasteiger partial charge >= 0.3 is 7.82 Å². The van der Waals surface area contributed by atoms with Gasteiger partial charge in [-0.05, 0) is 0 Å². The molecule has 0 aromatic rings. The van der Waals surface area contributed by atoms with E-state index in [0.29, 0.717) is 37.3 Å². The molecule has 1 aliphatic rings. The highest BCUT2D eigenvalue weighted by atomic mass is 31.2. The molecule has 1 saturated heterocycles. The number of nitrogens with zero attached hydrogens (tertiary/aromatic N) is 3. The Hall–Kier alpha value is -0.210. The van der Waals surface area contributed by atoms with Crippen LogP contribution in [0.15, 0.2) is 0 Å². The Bertz CT molecular complexity index is 415. The summed E-state index contributed by atoms with van der Waals surface area (Å²) in [6.07, 6.45) is -1.04. The average Bonchev–Trinajstić information content (AvgIpc) is 2.49. The minimum Gasteiger partial charge on any atom is -0.379 e. The van der Waals surface area contributed by atoms with E-state index in [4.69, 9.17) is 29.0 Å². The number of ether oxygens (including phenoxy) is 1. The molecule has 25 heavy (non-hydrogen) atoms. The Balaban J connectivity index is 2.38. The van der Waals surface area contributed by atoms with Crippen molar-refractivity contribution in [2.24, 2.45) is 0 Å².